The lowest BCUT2D eigenvalue weighted by Crippen LogP contribution is -2.54. The molecular formula is C30H37FN4O3. The normalized spacial score (nSPS) is 18.2. The van der Waals surface area contributed by atoms with Crippen LogP contribution in [0.2, 0.25) is 0 Å². The number of carbonyl (C=O) groups excluding carboxylic acids is 1. The van der Waals surface area contributed by atoms with Gasteiger partial charge in [-0.1, -0.05) is 6.07 Å². The number of nitrogens with one attached hydrogen (secondary N) is 1. The maximum Gasteiger partial charge on any atom is 0.317 e. The van der Waals surface area contributed by atoms with Gasteiger partial charge in [0.1, 0.15) is 5.82 Å². The van der Waals surface area contributed by atoms with Gasteiger partial charge in [0.05, 0.1) is 17.7 Å². The third-order valence-electron chi connectivity index (χ3n) is 8.22. The fraction of sp³-hybridized carbons (Fsp3) is 0.467. The van der Waals surface area contributed by atoms with E-state index in [1.165, 1.54) is 30.2 Å². The van der Waals surface area contributed by atoms with Gasteiger partial charge in [-0.05, 0) is 87.4 Å². The van der Waals surface area contributed by atoms with Crippen molar-refractivity contribution >= 4 is 28.5 Å². The lowest BCUT2D eigenvalue weighted by Gasteiger charge is -2.39. The molecule has 1 aliphatic carbocycles. The van der Waals surface area contributed by atoms with Crippen molar-refractivity contribution in [3.05, 3.63) is 64.1 Å². The lowest BCUT2D eigenvalue weighted by molar-refractivity contribution is -0.138. The fourth-order valence-corrected chi connectivity index (χ4v) is 5.70. The average molecular weight is 521 g/mol. The number of halogens is 1. The number of carbonyl (C=O) groups is 2. The molecule has 0 bridgehead atoms. The first-order valence-electron chi connectivity index (χ1n) is 13.5. The molecule has 1 unspecified atom stereocenters. The van der Waals surface area contributed by atoms with E-state index in [1.54, 1.807) is 6.07 Å². The minimum Gasteiger partial charge on any atom is -0.480 e. The second-order valence-corrected chi connectivity index (χ2v) is 11.1. The van der Waals surface area contributed by atoms with E-state index in [0.29, 0.717) is 37.7 Å². The van der Waals surface area contributed by atoms with E-state index >= 15 is 0 Å². The Morgan fingerprint density at radius 1 is 1.11 bits per heavy atom. The quantitative estimate of drug-likeness (QED) is 0.439. The second kappa shape index (κ2) is 10.4. The molecule has 0 radical (unpaired) electrons. The smallest absolute Gasteiger partial charge is 0.317 e. The number of aliphatic carboxylic acids is 1. The summed E-state index contributed by atoms with van der Waals surface area (Å²) in [6.07, 6.45) is 2.50. The largest absolute Gasteiger partial charge is 0.480 e. The second-order valence-electron chi connectivity index (χ2n) is 11.1. The number of aryl methyl sites for hydroxylation is 2. The Kier molecular flexibility index (Phi) is 7.18. The van der Waals surface area contributed by atoms with Crippen molar-refractivity contribution in [1.82, 2.24) is 14.4 Å². The lowest BCUT2D eigenvalue weighted by atomic mass is 10.0. The third kappa shape index (κ3) is 5.27. The standard InChI is InChI=1S/C30H37FN4O3/c1-18-11-25(31)8-7-23(18)14-32-27-13-24(30(38)34-10-9-33(15-19(34)2)17-28(36)37)12-26-20(3)21(4)35(29(26)27)16-22-5-6-22/h7-8,11-13,19,22,32H,5-6,9-10,14-17H2,1-4H3,(H,36,37). The van der Waals surface area contributed by atoms with Gasteiger partial charge in [-0.2, -0.15) is 0 Å². The topological polar surface area (TPSA) is 77.8 Å². The van der Waals surface area contributed by atoms with E-state index in [9.17, 15) is 14.0 Å². The molecule has 0 spiro atoms. The highest BCUT2D eigenvalue weighted by atomic mass is 19.1. The van der Waals surface area contributed by atoms with E-state index in [1.807, 2.05) is 41.8 Å². The first-order valence-corrected chi connectivity index (χ1v) is 13.5. The predicted octanol–water partition coefficient (Wildman–Crippen LogP) is 4.96. The Labute approximate surface area is 223 Å². The van der Waals surface area contributed by atoms with Gasteiger partial charge in [0.25, 0.3) is 5.91 Å². The van der Waals surface area contributed by atoms with Crippen LogP contribution in [0.1, 0.15) is 52.5 Å². The number of rotatable bonds is 8. The molecule has 8 heteroatoms. The molecule has 202 valence electrons. The zero-order valence-electron chi connectivity index (χ0n) is 22.7. The van der Waals surface area contributed by atoms with Gasteiger partial charge in [0.2, 0.25) is 0 Å². The van der Waals surface area contributed by atoms with Gasteiger partial charge < -0.3 is 19.9 Å². The summed E-state index contributed by atoms with van der Waals surface area (Å²) in [6, 6.07) is 8.72. The monoisotopic (exact) mass is 520 g/mol. The number of aromatic nitrogens is 1. The molecule has 38 heavy (non-hydrogen) atoms. The Hall–Kier alpha value is -3.39. The molecule has 2 fully saturated rings. The summed E-state index contributed by atoms with van der Waals surface area (Å²) < 4.78 is 16.1. The number of carboxylic acids is 1. The number of anilines is 1. The molecule has 5 rings (SSSR count). The van der Waals surface area contributed by atoms with Crippen molar-refractivity contribution in [3.63, 3.8) is 0 Å². The number of carboxylic acid groups (broad SMARTS) is 1. The Balaban J connectivity index is 1.50. The van der Waals surface area contributed by atoms with E-state index < -0.39 is 5.97 Å². The Morgan fingerprint density at radius 3 is 2.53 bits per heavy atom. The molecule has 7 nitrogen and oxygen atoms in total. The molecule has 1 aliphatic heterocycles. The number of benzene rings is 2. The molecule has 2 aromatic carbocycles. The van der Waals surface area contributed by atoms with Crippen LogP contribution < -0.4 is 5.32 Å². The molecule has 1 aromatic heterocycles. The highest BCUT2D eigenvalue weighted by Gasteiger charge is 2.30. The van der Waals surface area contributed by atoms with Gasteiger partial charge in [-0.3, -0.25) is 14.5 Å². The summed E-state index contributed by atoms with van der Waals surface area (Å²) in [4.78, 5) is 28.7. The van der Waals surface area contributed by atoms with Crippen molar-refractivity contribution in [1.29, 1.82) is 0 Å². The van der Waals surface area contributed by atoms with Gasteiger partial charge >= 0.3 is 5.97 Å². The molecule has 1 atom stereocenters. The van der Waals surface area contributed by atoms with Crippen LogP contribution in [-0.4, -0.2) is 63.6 Å². The molecule has 1 saturated heterocycles. The maximum absolute atomic E-state index is 13.8. The summed E-state index contributed by atoms with van der Waals surface area (Å²) in [7, 11) is 0. The van der Waals surface area contributed by atoms with Gasteiger partial charge in [0.15, 0.2) is 0 Å². The summed E-state index contributed by atoms with van der Waals surface area (Å²) in [5.74, 6) is -0.443. The summed E-state index contributed by atoms with van der Waals surface area (Å²) in [5.41, 5.74) is 6.93. The number of amides is 1. The van der Waals surface area contributed by atoms with Crippen LogP contribution in [-0.2, 0) is 17.9 Å². The predicted molar refractivity (Wildman–Crippen MR) is 147 cm³/mol. The highest BCUT2D eigenvalue weighted by molar-refractivity contribution is 6.04. The van der Waals surface area contributed by atoms with Crippen LogP contribution >= 0.6 is 0 Å². The van der Waals surface area contributed by atoms with Crippen molar-refractivity contribution in [3.8, 4) is 0 Å². The molecule has 3 aromatic rings. The first-order chi connectivity index (χ1) is 18.1. The van der Waals surface area contributed by atoms with Crippen molar-refractivity contribution in [2.75, 3.05) is 31.5 Å². The van der Waals surface area contributed by atoms with Gasteiger partial charge in [-0.15, -0.1) is 0 Å². The molecule has 2 heterocycles. The van der Waals surface area contributed by atoms with E-state index in [4.69, 9.17) is 5.11 Å². The Morgan fingerprint density at radius 2 is 1.87 bits per heavy atom. The minimum absolute atomic E-state index is 0.0117. The van der Waals surface area contributed by atoms with Crippen LogP contribution in [0.5, 0.6) is 0 Å². The van der Waals surface area contributed by atoms with Gasteiger partial charge in [-0.25, -0.2) is 4.39 Å². The van der Waals surface area contributed by atoms with Gasteiger partial charge in [0, 0.05) is 55.4 Å². The van der Waals surface area contributed by atoms with E-state index in [-0.39, 0.29) is 24.3 Å². The molecular weight excluding hydrogens is 483 g/mol. The maximum atomic E-state index is 13.8. The first kappa shape index (κ1) is 26.2. The third-order valence-corrected chi connectivity index (χ3v) is 8.22. The van der Waals surface area contributed by atoms with E-state index in [2.05, 4.69) is 23.7 Å². The highest BCUT2D eigenvalue weighted by Crippen LogP contribution is 2.38. The number of nitrogens with zero attached hydrogens (tertiary/aromatic N) is 3. The number of piperazine rings is 1. The zero-order valence-corrected chi connectivity index (χ0v) is 22.7. The number of hydrogen-bond acceptors (Lipinski definition) is 4. The average Bonchev–Trinajstić information content (AvgIpc) is 3.65. The number of hydrogen-bond donors (Lipinski definition) is 2. The SMILES string of the molecule is Cc1cc(F)ccc1CNc1cc(C(=O)N2CCN(CC(=O)O)CC2C)cc2c(C)c(C)n(CC3CC3)c12. The fourth-order valence-electron chi connectivity index (χ4n) is 5.70. The van der Waals surface area contributed by atoms with Crippen LogP contribution in [0, 0.1) is 32.5 Å². The number of fused-ring (bicyclic) bond motifs is 1. The summed E-state index contributed by atoms with van der Waals surface area (Å²) in [6.45, 7) is 11.2. The van der Waals surface area contributed by atoms with Crippen LogP contribution in [0.4, 0.5) is 10.1 Å². The van der Waals surface area contributed by atoms with Crippen LogP contribution in [0.25, 0.3) is 10.9 Å². The van der Waals surface area contributed by atoms with Crippen molar-refractivity contribution in [2.24, 2.45) is 5.92 Å². The van der Waals surface area contributed by atoms with E-state index in [0.717, 1.165) is 34.3 Å². The summed E-state index contributed by atoms with van der Waals surface area (Å²) in [5, 5.41) is 13.8. The molecule has 2 N–H and O–H groups in total. The van der Waals surface area contributed by atoms with Crippen LogP contribution in [0.3, 0.4) is 0 Å². The molecule has 1 saturated carbocycles. The molecule has 2 aliphatic rings. The van der Waals surface area contributed by atoms with Crippen molar-refractivity contribution < 1.29 is 19.1 Å². The Bertz CT molecular complexity index is 1390. The molecule has 1 amide bonds. The zero-order chi connectivity index (χ0) is 27.1. The minimum atomic E-state index is -0.851. The van der Waals surface area contributed by atoms with Crippen LogP contribution in [0.15, 0.2) is 30.3 Å². The summed E-state index contributed by atoms with van der Waals surface area (Å²) >= 11 is 0. The van der Waals surface area contributed by atoms with Crippen molar-refractivity contribution in [2.45, 2.75) is 59.7 Å².